The molecule has 0 saturated heterocycles. The molecule has 0 radical (unpaired) electrons. The topological polar surface area (TPSA) is 179 Å². The first-order valence-electron chi connectivity index (χ1n) is 24.7. The van der Waals surface area contributed by atoms with Crippen LogP contribution < -0.4 is 30.7 Å². The molecule has 0 spiro atoms. The number of thiazole rings is 2. The molecule has 14 nitrogen and oxygen atoms in total. The molecule has 66 heavy (non-hydrogen) atoms. The first kappa shape index (κ1) is 48.8. The molecule has 4 N–H and O–H groups in total. The van der Waals surface area contributed by atoms with E-state index in [1.54, 1.807) is 0 Å². The van der Waals surface area contributed by atoms with Gasteiger partial charge in [0.25, 0.3) is 22.2 Å². The lowest BCUT2D eigenvalue weighted by atomic mass is 9.49. The molecule has 16 heteroatoms. The average molecular weight is 951 g/mol. The largest absolute Gasteiger partial charge is 0.466 e. The molecule has 8 bridgehead atoms. The predicted molar refractivity (Wildman–Crippen MR) is 255 cm³/mol. The lowest BCUT2D eigenvalue weighted by molar-refractivity contribution is -0.147. The quantitative estimate of drug-likeness (QED) is 0.0664. The van der Waals surface area contributed by atoms with Gasteiger partial charge in [0, 0.05) is 49.4 Å². The van der Waals surface area contributed by atoms with Crippen LogP contribution in [0.15, 0.2) is 24.5 Å². The zero-order valence-electron chi connectivity index (χ0n) is 40.0. The van der Waals surface area contributed by atoms with Crippen molar-refractivity contribution in [1.82, 2.24) is 31.2 Å². The van der Waals surface area contributed by atoms with Crippen LogP contribution in [0, 0.1) is 46.3 Å². The molecular formula is C50H74N6O8S2. The molecule has 10 rings (SSSR count). The van der Waals surface area contributed by atoms with Crippen molar-refractivity contribution in [3.63, 3.8) is 0 Å². The second-order valence-corrected chi connectivity index (χ2v) is 25.1. The van der Waals surface area contributed by atoms with Gasteiger partial charge < -0.3 is 40.2 Å². The van der Waals surface area contributed by atoms with Gasteiger partial charge in [0.15, 0.2) is 0 Å². The summed E-state index contributed by atoms with van der Waals surface area (Å²) in [6.07, 6.45) is 22.0. The molecule has 8 fully saturated rings. The van der Waals surface area contributed by atoms with Gasteiger partial charge in [-0.2, -0.15) is 0 Å². The number of nitrogens with one attached hydrogen (secondary N) is 4. The van der Waals surface area contributed by atoms with E-state index in [-0.39, 0.29) is 49.2 Å². The first-order chi connectivity index (χ1) is 31.3. The number of hydrogen-bond acceptors (Lipinski definition) is 14. The van der Waals surface area contributed by atoms with Crippen molar-refractivity contribution in [2.24, 2.45) is 46.3 Å². The Labute approximate surface area is 399 Å². The second-order valence-electron chi connectivity index (χ2n) is 23.2. The highest BCUT2D eigenvalue weighted by Gasteiger charge is 2.51. The Morgan fingerprint density at radius 1 is 0.606 bits per heavy atom. The van der Waals surface area contributed by atoms with E-state index in [9.17, 15) is 19.2 Å². The van der Waals surface area contributed by atoms with Crippen molar-refractivity contribution in [1.29, 1.82) is 0 Å². The van der Waals surface area contributed by atoms with E-state index >= 15 is 0 Å². The van der Waals surface area contributed by atoms with Crippen molar-refractivity contribution in [3.8, 4) is 10.4 Å². The minimum atomic E-state index is -0.748. The minimum absolute atomic E-state index is 0.0203. The fourth-order valence-corrected chi connectivity index (χ4v) is 14.5. The highest BCUT2D eigenvalue weighted by Crippen LogP contribution is 2.62. The average Bonchev–Trinajstić information content (AvgIpc) is 3.91. The first-order valence-corrected chi connectivity index (χ1v) is 26.3. The number of amides is 2. The Kier molecular flexibility index (Phi) is 15.2. The molecule has 0 aliphatic heterocycles. The zero-order valence-corrected chi connectivity index (χ0v) is 41.7. The monoisotopic (exact) mass is 951 g/mol. The molecule has 2 amide bonds. The van der Waals surface area contributed by atoms with Crippen LogP contribution in [0.25, 0.3) is 0 Å². The number of carbonyl (C=O) groups excluding carboxylic acids is 4. The van der Waals surface area contributed by atoms with Gasteiger partial charge >= 0.3 is 11.9 Å². The SMILES string of the molecule is CC(C)(C)NCC(COc1ncc(C(=O)NCCC23CC4CC(CC(C4)C2)C3)s1)OC(=O)/C=C\C(=O)OC(CNC(C)(C)C)COc1ncc(C(=O)NCCC23CC4CC(CC(C4)C2)C3)s1. The van der Waals surface area contributed by atoms with E-state index in [0.29, 0.717) is 44.1 Å². The summed E-state index contributed by atoms with van der Waals surface area (Å²) in [6, 6.07) is 0. The van der Waals surface area contributed by atoms with Crippen molar-refractivity contribution >= 4 is 46.4 Å². The summed E-state index contributed by atoms with van der Waals surface area (Å²) in [5, 5.41) is 13.5. The maximum absolute atomic E-state index is 13.1. The zero-order chi connectivity index (χ0) is 46.7. The third-order valence-corrected chi connectivity index (χ3v) is 16.9. The second kappa shape index (κ2) is 20.6. The summed E-state index contributed by atoms with van der Waals surface area (Å²) in [5.41, 5.74) is 0.252. The third-order valence-electron chi connectivity index (χ3n) is 15.1. The highest BCUT2D eigenvalue weighted by molar-refractivity contribution is 7.15. The van der Waals surface area contributed by atoms with E-state index in [4.69, 9.17) is 18.9 Å². The van der Waals surface area contributed by atoms with Gasteiger partial charge in [-0.25, -0.2) is 19.6 Å². The van der Waals surface area contributed by atoms with E-state index in [1.807, 2.05) is 41.5 Å². The van der Waals surface area contributed by atoms with Crippen LogP contribution in [-0.2, 0) is 19.1 Å². The van der Waals surface area contributed by atoms with Gasteiger partial charge in [-0.05, 0) is 178 Å². The number of rotatable bonds is 22. The molecule has 0 aromatic carbocycles. The summed E-state index contributed by atoms with van der Waals surface area (Å²) >= 11 is 2.32. The Bertz CT molecular complexity index is 1840. The number of esters is 2. The number of hydrogen-bond donors (Lipinski definition) is 4. The molecular weight excluding hydrogens is 877 g/mol. The van der Waals surface area contributed by atoms with Crippen LogP contribution in [0.5, 0.6) is 10.4 Å². The maximum atomic E-state index is 13.1. The lowest BCUT2D eigenvalue weighted by Gasteiger charge is -2.57. The van der Waals surface area contributed by atoms with Gasteiger partial charge in [-0.3, -0.25) is 9.59 Å². The van der Waals surface area contributed by atoms with E-state index < -0.39 is 24.1 Å². The molecule has 8 aliphatic rings. The lowest BCUT2D eigenvalue weighted by Crippen LogP contribution is -2.47. The molecule has 2 heterocycles. The Morgan fingerprint density at radius 2 is 0.939 bits per heavy atom. The minimum Gasteiger partial charge on any atom is -0.466 e. The number of nitrogens with zero attached hydrogens (tertiary/aromatic N) is 2. The van der Waals surface area contributed by atoms with Crippen molar-refractivity contribution in [2.75, 3.05) is 39.4 Å². The van der Waals surface area contributed by atoms with Crippen molar-refractivity contribution in [2.45, 2.75) is 155 Å². The smallest absolute Gasteiger partial charge is 0.331 e. The Hall–Kier alpha value is -3.60. The summed E-state index contributed by atoms with van der Waals surface area (Å²) < 4.78 is 23.4. The Morgan fingerprint density at radius 3 is 1.26 bits per heavy atom. The van der Waals surface area contributed by atoms with Crippen LogP contribution in [0.1, 0.15) is 151 Å². The maximum Gasteiger partial charge on any atom is 0.331 e. The normalized spacial score (nSPS) is 29.4. The Balaban J connectivity index is 0.777. The van der Waals surface area contributed by atoms with Crippen LogP contribution in [0.4, 0.5) is 0 Å². The third kappa shape index (κ3) is 13.6. The van der Waals surface area contributed by atoms with Gasteiger partial charge in [0.1, 0.15) is 35.2 Å². The summed E-state index contributed by atoms with van der Waals surface area (Å²) in [4.78, 5) is 61.9. The van der Waals surface area contributed by atoms with Crippen LogP contribution in [-0.4, -0.2) is 96.4 Å². The summed E-state index contributed by atoms with van der Waals surface area (Å²) in [6.45, 7) is 13.8. The molecule has 364 valence electrons. The molecule has 2 unspecified atom stereocenters. The molecule has 2 atom stereocenters. The number of ether oxygens (including phenoxy) is 4. The van der Waals surface area contributed by atoms with Gasteiger partial charge in [-0.15, -0.1) is 0 Å². The van der Waals surface area contributed by atoms with Crippen LogP contribution >= 0.6 is 22.7 Å². The fraction of sp³-hybridized carbons (Fsp3) is 0.760. The summed E-state index contributed by atoms with van der Waals surface area (Å²) in [7, 11) is 0. The van der Waals surface area contributed by atoms with E-state index in [1.165, 1.54) is 89.4 Å². The van der Waals surface area contributed by atoms with Gasteiger partial charge in [0.05, 0.1) is 12.4 Å². The van der Waals surface area contributed by atoms with Crippen molar-refractivity contribution < 1.29 is 38.1 Å². The van der Waals surface area contributed by atoms with E-state index in [2.05, 4.69) is 31.2 Å². The molecule has 2 aromatic heterocycles. The van der Waals surface area contributed by atoms with E-state index in [0.717, 1.165) is 83.2 Å². The van der Waals surface area contributed by atoms with Crippen LogP contribution in [0.2, 0.25) is 0 Å². The van der Waals surface area contributed by atoms with Crippen molar-refractivity contribution in [3.05, 3.63) is 34.3 Å². The number of aromatic nitrogens is 2. The fourth-order valence-electron chi connectivity index (χ4n) is 13.1. The van der Waals surface area contributed by atoms with Gasteiger partial charge in [-0.1, -0.05) is 22.7 Å². The highest BCUT2D eigenvalue weighted by atomic mass is 32.1. The molecule has 8 saturated carbocycles. The molecule has 2 aromatic rings. The van der Waals surface area contributed by atoms with Crippen LogP contribution in [0.3, 0.4) is 0 Å². The summed E-state index contributed by atoms with van der Waals surface area (Å²) in [5.74, 6) is 3.47. The molecule has 8 aliphatic carbocycles. The number of carbonyl (C=O) groups is 4. The van der Waals surface area contributed by atoms with Gasteiger partial charge in [0.2, 0.25) is 0 Å². The standard InChI is InChI=1S/C50H74N6O8S2/c1-47(2,3)55-25-37(29-61-45-53-27-39(65-45)43(59)51-11-9-49-19-31-13-32(20-49)15-33(14-31)21-49)63-41(57)7-8-42(58)64-38(26-56-48(4,5)6)30-62-46-54-28-40(66-46)44(60)52-12-10-50-22-34-16-35(23-50)18-36(17-34)24-50/h7-8,27-28,31-38,55-56H,9-26,29-30H2,1-6H3,(H,51,59)(H,52,60)/b8-7-. The predicted octanol–water partition coefficient (Wildman–Crippen LogP) is 7.89.